The maximum atomic E-state index is 10.8. The van der Waals surface area contributed by atoms with Crippen LogP contribution in [0.4, 0.5) is 5.69 Å². The van der Waals surface area contributed by atoms with Crippen molar-refractivity contribution in [2.75, 3.05) is 11.4 Å². The van der Waals surface area contributed by atoms with Crippen LogP contribution in [-0.2, 0) is 15.8 Å². The van der Waals surface area contributed by atoms with Gasteiger partial charge in [-0.05, 0) is 24.3 Å². The summed E-state index contributed by atoms with van der Waals surface area (Å²) in [5.74, 6) is 0. The molecule has 6 nitrogen and oxygen atoms in total. The van der Waals surface area contributed by atoms with Crippen molar-refractivity contribution in [3.05, 3.63) is 24.3 Å². The van der Waals surface area contributed by atoms with Crippen molar-refractivity contribution in [2.24, 2.45) is 0 Å². The van der Waals surface area contributed by atoms with E-state index in [2.05, 4.69) is 0 Å². The third kappa shape index (κ3) is 3.12. The Morgan fingerprint density at radius 1 is 1.27 bits per heavy atom. The highest BCUT2D eigenvalue weighted by Gasteiger charge is 2.17. The Balaban J connectivity index is 3.00. The lowest BCUT2D eigenvalue weighted by atomic mass is 10.3. The lowest BCUT2D eigenvalue weighted by Gasteiger charge is -2.14. The molecular weight excluding hydrogens is 241 g/mol. The number of anilines is 1. The number of benzene rings is 1. The minimum Gasteiger partial charge on any atom is -0.321 e. The van der Waals surface area contributed by atoms with Gasteiger partial charge in [-0.3, -0.25) is 13.4 Å². The van der Waals surface area contributed by atoms with E-state index in [1.165, 1.54) is 31.3 Å². The first-order valence-electron chi connectivity index (χ1n) is 3.83. The van der Waals surface area contributed by atoms with Gasteiger partial charge in [0.2, 0.25) is 0 Å². The Morgan fingerprint density at radius 2 is 1.73 bits per heavy atom. The van der Waals surface area contributed by atoms with Gasteiger partial charge in [0, 0.05) is 7.05 Å². The normalized spacial score (nSPS) is 13.6. The van der Waals surface area contributed by atoms with E-state index < -0.39 is 18.9 Å². The van der Waals surface area contributed by atoms with Crippen LogP contribution in [0.1, 0.15) is 0 Å². The molecule has 0 amide bonds. The van der Waals surface area contributed by atoms with Gasteiger partial charge in [-0.2, -0.15) is 0 Å². The van der Waals surface area contributed by atoms with Gasteiger partial charge in [-0.1, -0.05) is 0 Å². The predicted octanol–water partition coefficient (Wildman–Crippen LogP) is 0.0625. The monoisotopic (exact) mass is 251 g/mol. The van der Waals surface area contributed by atoms with Gasteiger partial charge >= 0.3 is 7.60 Å². The molecule has 0 heterocycles. The summed E-state index contributed by atoms with van der Waals surface area (Å²) in [6.45, 7) is 0. The van der Waals surface area contributed by atoms with E-state index in [1.807, 2.05) is 0 Å². The van der Waals surface area contributed by atoms with Gasteiger partial charge in [-0.25, -0.2) is 4.21 Å². The highest BCUT2D eigenvalue weighted by molar-refractivity contribution is 7.80. The molecule has 0 fully saturated rings. The molecular formula is C7H10NO5PS. The quantitative estimate of drug-likeness (QED) is 0.521. The first-order valence-corrected chi connectivity index (χ1v) is 6.51. The molecule has 0 aliphatic heterocycles. The van der Waals surface area contributed by atoms with Gasteiger partial charge in [0.1, 0.15) is 0 Å². The fourth-order valence-electron chi connectivity index (χ4n) is 0.947. The van der Waals surface area contributed by atoms with Crippen LogP contribution in [0.15, 0.2) is 24.3 Å². The maximum absolute atomic E-state index is 10.8. The molecule has 1 aromatic carbocycles. The molecule has 1 atom stereocenters. The predicted molar refractivity (Wildman–Crippen MR) is 57.3 cm³/mol. The lowest BCUT2D eigenvalue weighted by molar-refractivity contribution is 0.387. The van der Waals surface area contributed by atoms with Gasteiger partial charge in [0.25, 0.3) is 11.3 Å². The van der Waals surface area contributed by atoms with Crippen LogP contribution in [0.5, 0.6) is 0 Å². The van der Waals surface area contributed by atoms with Crippen molar-refractivity contribution in [1.29, 1.82) is 0 Å². The molecule has 1 aromatic rings. The average molecular weight is 251 g/mol. The molecule has 1 rings (SSSR count). The Kier molecular flexibility index (Phi) is 3.64. The Morgan fingerprint density at radius 3 is 2.07 bits per heavy atom. The molecule has 15 heavy (non-hydrogen) atoms. The zero-order valence-corrected chi connectivity index (χ0v) is 9.48. The number of nitrogens with zero attached hydrogens (tertiary/aromatic N) is 1. The standard InChI is InChI=1S/C7H10NO5PS/c1-8(15(12)13)6-2-4-7(5-3-6)14(9,10)11/h2-5H,1H3,(H,12,13)(H2,9,10,11). The van der Waals surface area contributed by atoms with Crippen LogP contribution in [0.2, 0.25) is 0 Å². The third-order valence-corrected chi connectivity index (χ3v) is 3.43. The molecule has 8 heteroatoms. The minimum absolute atomic E-state index is 0.122. The van der Waals surface area contributed by atoms with Crippen LogP contribution < -0.4 is 9.61 Å². The second-order valence-electron chi connectivity index (χ2n) is 2.79. The molecule has 1 unspecified atom stereocenters. The topological polar surface area (TPSA) is 98.1 Å². The average Bonchev–Trinajstić information content (AvgIpc) is 2.15. The smallest absolute Gasteiger partial charge is 0.321 e. The molecule has 84 valence electrons. The molecule has 0 radical (unpaired) electrons. The summed E-state index contributed by atoms with van der Waals surface area (Å²) < 4.78 is 31.3. The highest BCUT2D eigenvalue weighted by atomic mass is 32.2. The van der Waals surface area contributed by atoms with E-state index in [0.29, 0.717) is 5.69 Å². The zero-order chi connectivity index (χ0) is 11.6. The van der Waals surface area contributed by atoms with Crippen LogP contribution in [0.3, 0.4) is 0 Å². The van der Waals surface area contributed by atoms with E-state index in [0.717, 1.165) is 4.31 Å². The summed E-state index contributed by atoms with van der Waals surface area (Å²) in [4.78, 5) is 17.6. The van der Waals surface area contributed by atoms with E-state index >= 15 is 0 Å². The molecule has 0 bridgehead atoms. The Bertz CT molecular complexity index is 414. The molecule has 0 spiro atoms. The van der Waals surface area contributed by atoms with Crippen molar-refractivity contribution in [2.45, 2.75) is 0 Å². The summed E-state index contributed by atoms with van der Waals surface area (Å²) in [5, 5.41) is -0.122. The first-order chi connectivity index (χ1) is 6.82. The molecule has 0 aliphatic carbocycles. The van der Waals surface area contributed by atoms with E-state index in [9.17, 15) is 8.77 Å². The summed E-state index contributed by atoms with van der Waals surface area (Å²) in [6, 6.07) is 5.17. The molecule has 0 aliphatic rings. The summed E-state index contributed by atoms with van der Waals surface area (Å²) >= 11 is -2.15. The van der Waals surface area contributed by atoms with Crippen LogP contribution in [-0.4, -0.2) is 25.6 Å². The van der Waals surface area contributed by atoms with Gasteiger partial charge in [0.15, 0.2) is 0 Å². The van der Waals surface area contributed by atoms with Crippen molar-refractivity contribution in [1.82, 2.24) is 0 Å². The van der Waals surface area contributed by atoms with Crippen molar-refractivity contribution < 1.29 is 23.1 Å². The molecule has 0 saturated carbocycles. The summed E-state index contributed by atoms with van der Waals surface area (Å²) in [6.07, 6.45) is 0. The van der Waals surface area contributed by atoms with Crippen LogP contribution >= 0.6 is 7.60 Å². The number of rotatable bonds is 3. The van der Waals surface area contributed by atoms with E-state index in [-0.39, 0.29) is 5.30 Å². The van der Waals surface area contributed by atoms with Crippen molar-refractivity contribution in [3.63, 3.8) is 0 Å². The summed E-state index contributed by atoms with van der Waals surface area (Å²) in [7, 11) is -2.86. The maximum Gasteiger partial charge on any atom is 0.356 e. The third-order valence-electron chi connectivity index (χ3n) is 1.78. The lowest BCUT2D eigenvalue weighted by Crippen LogP contribution is -2.19. The fraction of sp³-hybridized carbons (Fsp3) is 0.143. The van der Waals surface area contributed by atoms with Crippen molar-refractivity contribution in [3.8, 4) is 0 Å². The molecule has 3 N–H and O–H groups in total. The molecule has 0 saturated heterocycles. The highest BCUT2D eigenvalue weighted by Crippen LogP contribution is 2.33. The Labute approximate surface area is 89.1 Å². The van der Waals surface area contributed by atoms with E-state index in [4.69, 9.17) is 14.3 Å². The SMILES string of the molecule is CN(c1ccc(P(=O)(O)O)cc1)S(=O)O. The first kappa shape index (κ1) is 12.4. The van der Waals surface area contributed by atoms with E-state index in [1.54, 1.807) is 0 Å². The number of hydrogen-bond donors (Lipinski definition) is 3. The van der Waals surface area contributed by atoms with Gasteiger partial charge < -0.3 is 9.79 Å². The second kappa shape index (κ2) is 4.42. The van der Waals surface area contributed by atoms with Gasteiger partial charge in [-0.15, -0.1) is 0 Å². The summed E-state index contributed by atoms with van der Waals surface area (Å²) in [5.41, 5.74) is 0.396. The molecule has 0 aromatic heterocycles. The minimum atomic E-state index is -4.25. The van der Waals surface area contributed by atoms with Crippen LogP contribution in [0.25, 0.3) is 0 Å². The van der Waals surface area contributed by atoms with Crippen molar-refractivity contribution >= 4 is 29.9 Å². The Hall–Kier alpha value is -0.720. The van der Waals surface area contributed by atoms with Gasteiger partial charge in [0.05, 0.1) is 11.0 Å². The fourth-order valence-corrected chi connectivity index (χ4v) is 1.79. The van der Waals surface area contributed by atoms with Crippen LogP contribution in [0, 0.1) is 0 Å². The second-order valence-corrected chi connectivity index (χ2v) is 5.40. The largest absolute Gasteiger partial charge is 0.356 e. The number of hydrogen-bond acceptors (Lipinski definition) is 2. The zero-order valence-electron chi connectivity index (χ0n) is 7.77.